The monoisotopic (exact) mass is 352 g/mol. The summed E-state index contributed by atoms with van der Waals surface area (Å²) in [6, 6.07) is 27.5. The Hall–Kier alpha value is -3.07. The lowest BCUT2D eigenvalue weighted by Crippen LogP contribution is -2.38. The molecule has 0 saturated carbocycles. The maximum absolute atomic E-state index is 4.04. The molecule has 3 heteroatoms. The van der Waals surface area contributed by atoms with Crippen molar-refractivity contribution in [2.45, 2.75) is 20.7 Å². The molecule has 0 saturated heterocycles. The van der Waals surface area contributed by atoms with Gasteiger partial charge >= 0.3 is 0 Å². The highest BCUT2D eigenvalue weighted by Crippen LogP contribution is 2.17. The molecule has 0 unspecified atom stereocenters. The van der Waals surface area contributed by atoms with Crippen LogP contribution in [0, 0.1) is 13.8 Å². The van der Waals surface area contributed by atoms with Gasteiger partial charge in [0.15, 0.2) is 0 Å². The summed E-state index contributed by atoms with van der Waals surface area (Å²) in [6.45, 7) is 6.95. The first-order valence-corrected chi connectivity index (χ1v) is 9.31. The Morgan fingerprint density at radius 2 is 1.22 bits per heavy atom. The molecule has 0 radical (unpaired) electrons. The average Bonchev–Trinajstić information content (AvgIpc) is 3.23. The number of imidazole rings is 1. The Morgan fingerprint density at radius 3 is 1.67 bits per heavy atom. The van der Waals surface area contributed by atoms with Crippen molar-refractivity contribution in [3.63, 3.8) is 0 Å². The molecular formula is C24H25BN2. The van der Waals surface area contributed by atoms with Crippen molar-refractivity contribution in [2.75, 3.05) is 0 Å². The third-order valence-corrected chi connectivity index (χ3v) is 4.80. The highest BCUT2D eigenvalue weighted by Gasteiger charge is 2.10. The fourth-order valence-electron chi connectivity index (χ4n) is 3.28. The van der Waals surface area contributed by atoms with Crippen LogP contribution in [0.25, 0.3) is 5.69 Å². The van der Waals surface area contributed by atoms with E-state index in [1.807, 2.05) is 17.1 Å². The van der Waals surface area contributed by atoms with Crippen molar-refractivity contribution in [3.05, 3.63) is 109 Å². The fraction of sp³-hybridized carbons (Fsp3) is 0.125. The Bertz CT molecular complexity index is 889. The molecule has 1 heterocycles. The summed E-state index contributed by atoms with van der Waals surface area (Å²) in [5.41, 5.74) is 6.54. The number of aryl methyl sites for hydroxylation is 2. The molecule has 3 aromatic carbocycles. The molecule has 0 aliphatic rings. The van der Waals surface area contributed by atoms with E-state index >= 15 is 0 Å². The molecule has 0 aliphatic carbocycles. The van der Waals surface area contributed by atoms with Crippen molar-refractivity contribution < 1.29 is 0 Å². The second-order valence-corrected chi connectivity index (χ2v) is 6.75. The van der Waals surface area contributed by atoms with Crippen LogP contribution < -0.4 is 10.9 Å². The van der Waals surface area contributed by atoms with E-state index in [9.17, 15) is 0 Å². The topological polar surface area (TPSA) is 17.8 Å². The summed E-state index contributed by atoms with van der Waals surface area (Å²) in [5.74, 6) is 0. The second-order valence-electron chi connectivity index (χ2n) is 6.75. The zero-order valence-corrected chi connectivity index (χ0v) is 16.2. The minimum atomic E-state index is 0.484. The van der Waals surface area contributed by atoms with E-state index in [4.69, 9.17) is 0 Å². The summed E-state index contributed by atoms with van der Waals surface area (Å²) in [4.78, 5) is 4.04. The van der Waals surface area contributed by atoms with Crippen molar-refractivity contribution in [1.82, 2.24) is 9.55 Å². The molecular weight excluding hydrogens is 327 g/mol. The molecule has 0 bridgehead atoms. The Morgan fingerprint density at radius 1 is 0.704 bits per heavy atom. The van der Waals surface area contributed by atoms with Gasteiger partial charge in [0.25, 0.3) is 0 Å². The van der Waals surface area contributed by atoms with Crippen LogP contribution in [-0.4, -0.2) is 16.3 Å². The number of aromatic nitrogens is 2. The van der Waals surface area contributed by atoms with E-state index in [-0.39, 0.29) is 0 Å². The summed E-state index contributed by atoms with van der Waals surface area (Å²) in [5, 5.41) is 0. The summed E-state index contributed by atoms with van der Waals surface area (Å²) >= 11 is 0. The number of benzene rings is 3. The Labute approximate surface area is 162 Å². The maximum atomic E-state index is 4.04. The minimum Gasteiger partial charge on any atom is -0.306 e. The summed E-state index contributed by atoms with van der Waals surface area (Å²) in [6.07, 6.45) is 5.59. The van der Waals surface area contributed by atoms with Crippen LogP contribution in [0.1, 0.15) is 11.1 Å². The third kappa shape index (κ3) is 4.76. The lowest BCUT2D eigenvalue weighted by Gasteiger charge is -2.09. The van der Waals surface area contributed by atoms with Gasteiger partial charge in [0, 0.05) is 12.4 Å². The number of hydrogen-bond donors (Lipinski definition) is 0. The van der Waals surface area contributed by atoms with E-state index in [0.29, 0.717) is 6.71 Å². The van der Waals surface area contributed by atoms with Crippen LogP contribution in [0.15, 0.2) is 97.6 Å². The van der Waals surface area contributed by atoms with E-state index in [0.717, 1.165) is 0 Å². The number of hydrogen-bond acceptors (Lipinski definition) is 1. The van der Waals surface area contributed by atoms with E-state index in [1.165, 1.54) is 27.7 Å². The summed E-state index contributed by atoms with van der Waals surface area (Å²) < 4.78 is 2.05. The van der Waals surface area contributed by atoms with Gasteiger partial charge in [-0.15, -0.1) is 0 Å². The van der Waals surface area contributed by atoms with Gasteiger partial charge in [0.05, 0.1) is 12.0 Å². The standard InChI is InChI=1S/C13H13B.C11H12N2/c1-14(12-8-4-2-5-9-12)13-10-6-3-7-11-13;1-9-4-3-5-10(2)11(9)13-7-6-12-8-13/h2-11H,1H3;3-8H,1-2H3. The lowest BCUT2D eigenvalue weighted by atomic mass is 9.43. The molecule has 134 valence electrons. The molecule has 0 amide bonds. The maximum Gasteiger partial charge on any atom is 0.206 e. The smallest absolute Gasteiger partial charge is 0.206 e. The molecule has 1 aromatic heterocycles. The van der Waals surface area contributed by atoms with Crippen molar-refractivity contribution >= 4 is 17.6 Å². The van der Waals surface area contributed by atoms with Crippen molar-refractivity contribution in [2.24, 2.45) is 0 Å². The molecule has 0 fully saturated rings. The Kier molecular flexibility index (Phi) is 6.27. The van der Waals surface area contributed by atoms with Gasteiger partial charge in [-0.05, 0) is 25.0 Å². The third-order valence-electron chi connectivity index (χ3n) is 4.80. The highest BCUT2D eigenvalue weighted by molar-refractivity contribution is 6.84. The normalized spacial score (nSPS) is 10.0. The minimum absolute atomic E-state index is 0.484. The quantitative estimate of drug-likeness (QED) is 0.499. The van der Waals surface area contributed by atoms with E-state index < -0.39 is 0 Å². The fourth-order valence-corrected chi connectivity index (χ4v) is 3.28. The Balaban J connectivity index is 0.000000156. The first-order valence-electron chi connectivity index (χ1n) is 9.31. The molecule has 0 atom stereocenters. The predicted molar refractivity (Wildman–Crippen MR) is 117 cm³/mol. The number of para-hydroxylation sites is 1. The van der Waals surface area contributed by atoms with Crippen molar-refractivity contribution in [1.29, 1.82) is 0 Å². The van der Waals surface area contributed by atoms with Gasteiger partial charge in [-0.3, -0.25) is 0 Å². The van der Waals surface area contributed by atoms with Gasteiger partial charge in [-0.1, -0.05) is 96.6 Å². The second kappa shape index (κ2) is 9.04. The molecule has 27 heavy (non-hydrogen) atoms. The number of nitrogens with zero attached hydrogens (tertiary/aromatic N) is 2. The van der Waals surface area contributed by atoms with Gasteiger partial charge in [-0.2, -0.15) is 0 Å². The van der Waals surface area contributed by atoms with Gasteiger partial charge in [0.2, 0.25) is 6.71 Å². The molecule has 0 N–H and O–H groups in total. The largest absolute Gasteiger partial charge is 0.306 e. The molecule has 2 nitrogen and oxygen atoms in total. The van der Waals surface area contributed by atoms with Gasteiger partial charge < -0.3 is 4.57 Å². The van der Waals surface area contributed by atoms with E-state index in [1.54, 1.807) is 6.20 Å². The molecule has 0 spiro atoms. The first kappa shape index (κ1) is 18.7. The zero-order chi connectivity index (χ0) is 19.1. The molecule has 4 rings (SSSR count). The van der Waals surface area contributed by atoms with Crippen LogP contribution in [0.5, 0.6) is 0 Å². The van der Waals surface area contributed by atoms with Crippen molar-refractivity contribution in [3.8, 4) is 5.69 Å². The number of rotatable bonds is 3. The predicted octanol–water partition coefficient (Wildman–Crippen LogP) is 4.41. The average molecular weight is 352 g/mol. The van der Waals surface area contributed by atoms with E-state index in [2.05, 4.69) is 105 Å². The van der Waals surface area contributed by atoms with Gasteiger partial charge in [0.1, 0.15) is 0 Å². The van der Waals surface area contributed by atoms with Gasteiger partial charge in [-0.25, -0.2) is 4.98 Å². The van der Waals surface area contributed by atoms with Crippen LogP contribution >= 0.6 is 0 Å². The zero-order valence-electron chi connectivity index (χ0n) is 16.2. The summed E-state index contributed by atoms with van der Waals surface area (Å²) in [7, 11) is 0. The molecule has 0 aliphatic heterocycles. The first-order chi connectivity index (χ1) is 13.2. The molecule has 4 aromatic rings. The van der Waals surface area contributed by atoms with Crippen LogP contribution in [-0.2, 0) is 0 Å². The highest BCUT2D eigenvalue weighted by atomic mass is 15.0. The lowest BCUT2D eigenvalue weighted by molar-refractivity contribution is 1.02. The van der Waals surface area contributed by atoms with Crippen LogP contribution in [0.2, 0.25) is 6.82 Å². The van der Waals surface area contributed by atoms with Crippen LogP contribution in [0.3, 0.4) is 0 Å². The SMILES string of the molecule is CB(c1ccccc1)c1ccccc1.Cc1cccc(C)c1-n1ccnc1. The van der Waals surface area contributed by atoms with Crippen LogP contribution in [0.4, 0.5) is 0 Å².